The Hall–Kier alpha value is -1.10. The lowest BCUT2D eigenvalue weighted by Crippen LogP contribution is -2.67. The summed E-state index contributed by atoms with van der Waals surface area (Å²) in [7, 11) is 0. The number of hydrogen-bond donors (Lipinski definition) is 3. The van der Waals surface area contributed by atoms with E-state index in [0.717, 1.165) is 0 Å². The number of hydrogen-bond acceptors (Lipinski definition) is 3. The summed E-state index contributed by atoms with van der Waals surface area (Å²) in [6, 6.07) is 0. The van der Waals surface area contributed by atoms with Crippen LogP contribution in [0.4, 0.5) is 0 Å². The Bertz CT molecular complexity index is 293. The van der Waals surface area contributed by atoms with E-state index in [1.54, 1.807) is 0 Å². The van der Waals surface area contributed by atoms with Crippen molar-refractivity contribution in [2.24, 2.45) is 23.3 Å². The molecule has 1 heterocycles. The number of rotatable bonds is 2. The van der Waals surface area contributed by atoms with Gasteiger partial charge in [0.15, 0.2) is 0 Å². The van der Waals surface area contributed by atoms with E-state index >= 15 is 0 Å². The smallest absolute Gasteiger partial charge is 0.222 e. The topological polar surface area (TPSA) is 98.2 Å². The Kier molecular flexibility index (Phi) is 3.02. The molecule has 0 aromatic carbocycles. The van der Waals surface area contributed by atoms with Crippen LogP contribution in [0.15, 0.2) is 0 Å². The second-order valence-corrected chi connectivity index (χ2v) is 5.71. The Morgan fingerprint density at radius 1 is 1.00 bits per heavy atom. The first-order chi connectivity index (χ1) is 7.08. The standard InChI is InChI=1S/C11H21N3O2/c1-10(2)6(8(12)15)5-7(9(13)16)11(3,4)14-10/h6-7,14H,5H2,1-4H3,(H2,12,15)(H2,13,16). The molecule has 0 aliphatic carbocycles. The quantitative estimate of drug-likeness (QED) is 0.606. The summed E-state index contributed by atoms with van der Waals surface area (Å²) in [5.41, 5.74) is 9.89. The molecule has 0 bridgehead atoms. The predicted octanol–water partition coefficient (Wildman–Crippen LogP) is -0.260. The van der Waals surface area contributed by atoms with Gasteiger partial charge < -0.3 is 16.8 Å². The average Bonchev–Trinajstić information content (AvgIpc) is 1.97. The van der Waals surface area contributed by atoms with E-state index in [0.29, 0.717) is 6.42 Å². The summed E-state index contributed by atoms with van der Waals surface area (Å²) < 4.78 is 0. The molecule has 16 heavy (non-hydrogen) atoms. The highest BCUT2D eigenvalue weighted by Gasteiger charge is 2.49. The molecule has 92 valence electrons. The van der Waals surface area contributed by atoms with Gasteiger partial charge in [0.2, 0.25) is 11.8 Å². The molecule has 2 unspecified atom stereocenters. The van der Waals surface area contributed by atoms with E-state index in [1.807, 2.05) is 27.7 Å². The number of amides is 2. The van der Waals surface area contributed by atoms with Crippen LogP contribution in [0.5, 0.6) is 0 Å². The number of nitrogens with two attached hydrogens (primary N) is 2. The van der Waals surface area contributed by atoms with Crippen LogP contribution in [-0.2, 0) is 9.59 Å². The lowest BCUT2D eigenvalue weighted by Gasteiger charge is -2.50. The Labute approximate surface area is 95.9 Å². The van der Waals surface area contributed by atoms with Gasteiger partial charge in [-0.2, -0.15) is 0 Å². The third-order valence-corrected chi connectivity index (χ3v) is 3.54. The van der Waals surface area contributed by atoms with Crippen LogP contribution in [0.3, 0.4) is 0 Å². The third kappa shape index (κ3) is 2.19. The van der Waals surface area contributed by atoms with E-state index < -0.39 is 11.1 Å². The molecule has 0 aromatic rings. The fourth-order valence-corrected chi connectivity index (χ4v) is 2.77. The zero-order valence-electron chi connectivity index (χ0n) is 10.3. The highest BCUT2D eigenvalue weighted by atomic mass is 16.2. The van der Waals surface area contributed by atoms with Crippen LogP contribution in [0.2, 0.25) is 0 Å². The molecule has 5 N–H and O–H groups in total. The maximum Gasteiger partial charge on any atom is 0.222 e. The molecular formula is C11H21N3O2. The van der Waals surface area contributed by atoms with Crippen molar-refractivity contribution in [1.82, 2.24) is 5.32 Å². The molecule has 0 aromatic heterocycles. The second kappa shape index (κ2) is 3.73. The van der Waals surface area contributed by atoms with Crippen LogP contribution in [-0.4, -0.2) is 22.9 Å². The molecule has 1 fully saturated rings. The van der Waals surface area contributed by atoms with Gasteiger partial charge in [0, 0.05) is 11.1 Å². The van der Waals surface area contributed by atoms with Crippen molar-refractivity contribution >= 4 is 11.8 Å². The first-order valence-electron chi connectivity index (χ1n) is 5.46. The minimum absolute atomic E-state index is 0.377. The first kappa shape index (κ1) is 13.0. The van der Waals surface area contributed by atoms with Crippen LogP contribution in [0.25, 0.3) is 0 Å². The lowest BCUT2D eigenvalue weighted by molar-refractivity contribution is -0.133. The van der Waals surface area contributed by atoms with Gasteiger partial charge in [-0.05, 0) is 34.1 Å². The zero-order chi connectivity index (χ0) is 12.7. The fraction of sp³-hybridized carbons (Fsp3) is 0.818. The van der Waals surface area contributed by atoms with Crippen molar-refractivity contribution in [2.75, 3.05) is 0 Å². The molecule has 0 radical (unpaired) electrons. The largest absolute Gasteiger partial charge is 0.369 e. The number of piperidine rings is 1. The molecule has 2 amide bonds. The van der Waals surface area contributed by atoms with E-state index in [4.69, 9.17) is 11.5 Å². The van der Waals surface area contributed by atoms with Crippen molar-refractivity contribution in [1.29, 1.82) is 0 Å². The SMILES string of the molecule is CC1(C)NC(C)(C)C(C(N)=O)CC1C(N)=O. The monoisotopic (exact) mass is 227 g/mol. The Morgan fingerprint density at radius 2 is 1.31 bits per heavy atom. The summed E-state index contributed by atoms with van der Waals surface area (Å²) in [6.07, 6.45) is 0.414. The molecule has 1 aliphatic rings. The maximum atomic E-state index is 11.4. The van der Waals surface area contributed by atoms with Crippen molar-refractivity contribution in [3.8, 4) is 0 Å². The van der Waals surface area contributed by atoms with Gasteiger partial charge in [-0.15, -0.1) is 0 Å². The molecule has 1 rings (SSSR count). The summed E-state index contributed by atoms with van der Waals surface area (Å²) in [4.78, 5) is 22.8. The minimum Gasteiger partial charge on any atom is -0.369 e. The molecule has 5 nitrogen and oxygen atoms in total. The Morgan fingerprint density at radius 3 is 1.56 bits per heavy atom. The van der Waals surface area contributed by atoms with Gasteiger partial charge >= 0.3 is 0 Å². The predicted molar refractivity (Wildman–Crippen MR) is 61.3 cm³/mol. The first-order valence-corrected chi connectivity index (χ1v) is 5.46. The van der Waals surface area contributed by atoms with Crippen molar-refractivity contribution in [3.05, 3.63) is 0 Å². The minimum atomic E-state index is -0.415. The zero-order valence-corrected chi connectivity index (χ0v) is 10.3. The normalized spacial score (nSPS) is 32.0. The van der Waals surface area contributed by atoms with Gasteiger partial charge in [0.1, 0.15) is 0 Å². The van der Waals surface area contributed by atoms with Crippen LogP contribution in [0, 0.1) is 11.8 Å². The lowest BCUT2D eigenvalue weighted by atomic mass is 9.68. The molecule has 0 saturated carbocycles. The molecule has 0 spiro atoms. The summed E-state index contributed by atoms with van der Waals surface area (Å²) in [6.45, 7) is 7.67. The van der Waals surface area contributed by atoms with E-state index in [-0.39, 0.29) is 23.7 Å². The van der Waals surface area contributed by atoms with Crippen LogP contribution < -0.4 is 16.8 Å². The summed E-state index contributed by atoms with van der Waals surface area (Å²) >= 11 is 0. The average molecular weight is 227 g/mol. The van der Waals surface area contributed by atoms with Gasteiger partial charge in [-0.3, -0.25) is 9.59 Å². The highest BCUT2D eigenvalue weighted by molar-refractivity contribution is 5.82. The van der Waals surface area contributed by atoms with Gasteiger partial charge in [-0.1, -0.05) is 0 Å². The molecule has 5 heteroatoms. The highest BCUT2D eigenvalue weighted by Crippen LogP contribution is 2.37. The fourth-order valence-electron chi connectivity index (χ4n) is 2.77. The second-order valence-electron chi connectivity index (χ2n) is 5.71. The van der Waals surface area contributed by atoms with Crippen LogP contribution in [0.1, 0.15) is 34.1 Å². The molecular weight excluding hydrogens is 206 g/mol. The molecule has 2 atom stereocenters. The van der Waals surface area contributed by atoms with Crippen molar-refractivity contribution < 1.29 is 9.59 Å². The van der Waals surface area contributed by atoms with Crippen molar-refractivity contribution in [3.63, 3.8) is 0 Å². The van der Waals surface area contributed by atoms with E-state index in [2.05, 4.69) is 5.32 Å². The van der Waals surface area contributed by atoms with Gasteiger partial charge in [-0.25, -0.2) is 0 Å². The van der Waals surface area contributed by atoms with E-state index in [1.165, 1.54) is 0 Å². The maximum absolute atomic E-state index is 11.4. The van der Waals surface area contributed by atoms with Gasteiger partial charge in [0.05, 0.1) is 11.8 Å². The molecule has 1 aliphatic heterocycles. The number of carbonyl (C=O) groups is 2. The number of carbonyl (C=O) groups excluding carboxylic acids is 2. The summed E-state index contributed by atoms with van der Waals surface area (Å²) in [5.74, 6) is -1.53. The number of primary amides is 2. The Balaban J connectivity index is 3.04. The third-order valence-electron chi connectivity index (χ3n) is 3.54. The van der Waals surface area contributed by atoms with E-state index in [9.17, 15) is 9.59 Å². The van der Waals surface area contributed by atoms with Gasteiger partial charge in [0.25, 0.3) is 0 Å². The van der Waals surface area contributed by atoms with Crippen molar-refractivity contribution in [2.45, 2.75) is 45.2 Å². The van der Waals surface area contributed by atoms with Crippen LogP contribution >= 0.6 is 0 Å². The summed E-state index contributed by atoms with van der Waals surface area (Å²) in [5, 5.41) is 3.29. The molecule has 1 saturated heterocycles. The number of nitrogens with one attached hydrogen (secondary N) is 1.